The van der Waals surface area contributed by atoms with Gasteiger partial charge in [0.15, 0.2) is 0 Å². The molecule has 0 unspecified atom stereocenters. The number of rotatable bonds is 7. The predicted octanol–water partition coefficient (Wildman–Crippen LogP) is 4.65. The summed E-state index contributed by atoms with van der Waals surface area (Å²) in [4.78, 5) is 23.6. The van der Waals surface area contributed by atoms with Crippen molar-refractivity contribution in [2.45, 2.75) is 52.9 Å². The Morgan fingerprint density at radius 3 is 2.15 bits per heavy atom. The van der Waals surface area contributed by atoms with Gasteiger partial charge in [-0.2, -0.15) is 0 Å². The van der Waals surface area contributed by atoms with E-state index in [1.807, 2.05) is 24.3 Å². The minimum Gasteiger partial charge on any atom is -0.341 e. The highest BCUT2D eigenvalue weighted by molar-refractivity contribution is 6.04. The Labute approximate surface area is 156 Å². The molecule has 1 heterocycles. The van der Waals surface area contributed by atoms with Gasteiger partial charge in [-0.1, -0.05) is 52.8 Å². The number of nitrogens with zero attached hydrogens (tertiary/aromatic N) is 3. The fourth-order valence-electron chi connectivity index (χ4n) is 2.89. The molecule has 0 radical (unpaired) electrons. The lowest BCUT2D eigenvalue weighted by Crippen LogP contribution is -2.27. The van der Waals surface area contributed by atoms with Crippen LogP contribution < -0.4 is 10.2 Å². The molecule has 2 rings (SSSR count). The molecule has 0 aliphatic heterocycles. The molecule has 1 amide bonds. The van der Waals surface area contributed by atoms with E-state index in [9.17, 15) is 4.79 Å². The van der Waals surface area contributed by atoms with E-state index in [-0.39, 0.29) is 11.3 Å². The van der Waals surface area contributed by atoms with Crippen LogP contribution in [0.4, 0.5) is 11.6 Å². The van der Waals surface area contributed by atoms with Gasteiger partial charge in [-0.3, -0.25) is 4.79 Å². The van der Waals surface area contributed by atoms with Gasteiger partial charge in [0, 0.05) is 31.2 Å². The summed E-state index contributed by atoms with van der Waals surface area (Å²) >= 11 is 0. The lowest BCUT2D eigenvalue weighted by Gasteiger charge is -2.23. The molecule has 2 aromatic rings. The van der Waals surface area contributed by atoms with Gasteiger partial charge < -0.3 is 10.2 Å². The van der Waals surface area contributed by atoms with Gasteiger partial charge >= 0.3 is 0 Å². The first-order valence-electron chi connectivity index (χ1n) is 9.34. The molecule has 26 heavy (non-hydrogen) atoms. The topological polar surface area (TPSA) is 58.1 Å². The lowest BCUT2D eigenvalue weighted by molar-refractivity contribution is 0.102. The Kier molecular flexibility index (Phi) is 6.72. The van der Waals surface area contributed by atoms with Gasteiger partial charge in [0.05, 0.1) is 5.56 Å². The third-order valence-corrected chi connectivity index (χ3v) is 4.15. The Balaban J connectivity index is 2.16. The van der Waals surface area contributed by atoms with Crippen molar-refractivity contribution in [2.75, 3.05) is 23.3 Å². The molecule has 0 saturated carbocycles. The zero-order valence-electron chi connectivity index (χ0n) is 16.5. The number of benzene rings is 1. The van der Waals surface area contributed by atoms with Crippen LogP contribution in [0.25, 0.3) is 0 Å². The normalized spacial score (nSPS) is 11.3. The molecule has 0 bridgehead atoms. The van der Waals surface area contributed by atoms with Crippen molar-refractivity contribution >= 4 is 17.5 Å². The standard InChI is InChI=1S/C21H30N4O/c1-6-12-25(13-7-2)20-22-14-16(15-23-20)19(26)24-18-11-9-8-10-17(18)21(3,4)5/h8-11,14-15H,6-7,12-13H2,1-5H3,(H,24,26). The molecule has 1 aromatic carbocycles. The second-order valence-electron chi connectivity index (χ2n) is 7.51. The average molecular weight is 354 g/mol. The Hall–Kier alpha value is -2.43. The van der Waals surface area contributed by atoms with E-state index in [1.54, 1.807) is 12.4 Å². The van der Waals surface area contributed by atoms with Crippen molar-refractivity contribution in [1.82, 2.24) is 9.97 Å². The molecule has 0 aliphatic carbocycles. The fraction of sp³-hybridized carbons (Fsp3) is 0.476. The van der Waals surface area contributed by atoms with Crippen LogP contribution in [0.5, 0.6) is 0 Å². The van der Waals surface area contributed by atoms with E-state index in [0.717, 1.165) is 37.2 Å². The van der Waals surface area contributed by atoms with Crippen LogP contribution in [0.2, 0.25) is 0 Å². The van der Waals surface area contributed by atoms with E-state index >= 15 is 0 Å². The number of anilines is 2. The average Bonchev–Trinajstić information content (AvgIpc) is 2.61. The van der Waals surface area contributed by atoms with E-state index in [2.05, 4.69) is 54.8 Å². The van der Waals surface area contributed by atoms with Gasteiger partial charge in [0.2, 0.25) is 5.95 Å². The van der Waals surface area contributed by atoms with Gasteiger partial charge in [0.25, 0.3) is 5.91 Å². The van der Waals surface area contributed by atoms with E-state index in [4.69, 9.17) is 0 Å². The minimum absolute atomic E-state index is 0.0506. The molecule has 140 valence electrons. The molecular formula is C21H30N4O. The number of para-hydroxylation sites is 1. The van der Waals surface area contributed by atoms with Crippen LogP contribution >= 0.6 is 0 Å². The van der Waals surface area contributed by atoms with E-state index in [0.29, 0.717) is 11.5 Å². The van der Waals surface area contributed by atoms with Crippen LogP contribution in [-0.4, -0.2) is 29.0 Å². The smallest absolute Gasteiger partial charge is 0.258 e. The highest BCUT2D eigenvalue weighted by Crippen LogP contribution is 2.29. The Bertz CT molecular complexity index is 714. The third-order valence-electron chi connectivity index (χ3n) is 4.15. The third kappa shape index (κ3) is 5.04. The lowest BCUT2D eigenvalue weighted by atomic mass is 9.86. The summed E-state index contributed by atoms with van der Waals surface area (Å²) in [5.74, 6) is 0.492. The van der Waals surface area contributed by atoms with Crippen LogP contribution in [-0.2, 0) is 5.41 Å². The Morgan fingerprint density at radius 1 is 1.04 bits per heavy atom. The van der Waals surface area contributed by atoms with Crippen molar-refractivity contribution < 1.29 is 4.79 Å². The molecule has 1 N–H and O–H groups in total. The SMILES string of the molecule is CCCN(CCC)c1ncc(C(=O)Nc2ccccc2C(C)(C)C)cn1. The predicted molar refractivity (Wildman–Crippen MR) is 108 cm³/mol. The number of carbonyl (C=O) groups is 1. The highest BCUT2D eigenvalue weighted by Gasteiger charge is 2.19. The zero-order chi connectivity index (χ0) is 19.2. The highest BCUT2D eigenvalue weighted by atomic mass is 16.1. The van der Waals surface area contributed by atoms with Gasteiger partial charge in [-0.05, 0) is 29.9 Å². The van der Waals surface area contributed by atoms with Crippen LogP contribution in [0, 0.1) is 0 Å². The molecule has 1 aromatic heterocycles. The first-order chi connectivity index (χ1) is 12.4. The quantitative estimate of drug-likeness (QED) is 0.786. The molecule has 0 spiro atoms. The number of hydrogen-bond acceptors (Lipinski definition) is 4. The first kappa shape index (κ1) is 19.9. The first-order valence-corrected chi connectivity index (χ1v) is 9.34. The van der Waals surface area contributed by atoms with Gasteiger partial charge in [0.1, 0.15) is 0 Å². The van der Waals surface area contributed by atoms with Crippen LogP contribution in [0.1, 0.15) is 63.4 Å². The maximum absolute atomic E-state index is 12.6. The molecular weight excluding hydrogens is 324 g/mol. The summed E-state index contributed by atoms with van der Waals surface area (Å²) in [6, 6.07) is 7.89. The molecule has 0 atom stereocenters. The summed E-state index contributed by atoms with van der Waals surface area (Å²) < 4.78 is 0. The maximum Gasteiger partial charge on any atom is 0.258 e. The van der Waals surface area contributed by atoms with Gasteiger partial charge in [-0.15, -0.1) is 0 Å². The minimum atomic E-state index is -0.189. The second kappa shape index (κ2) is 8.79. The zero-order valence-corrected chi connectivity index (χ0v) is 16.5. The fourth-order valence-corrected chi connectivity index (χ4v) is 2.89. The molecule has 5 heteroatoms. The number of amides is 1. The molecule has 0 aliphatic rings. The summed E-state index contributed by atoms with van der Waals surface area (Å²) in [6.45, 7) is 12.5. The number of nitrogens with one attached hydrogen (secondary N) is 1. The van der Waals surface area contributed by atoms with E-state index in [1.165, 1.54) is 0 Å². The number of aromatic nitrogens is 2. The monoisotopic (exact) mass is 354 g/mol. The van der Waals surface area contributed by atoms with Crippen LogP contribution in [0.3, 0.4) is 0 Å². The van der Waals surface area contributed by atoms with E-state index < -0.39 is 0 Å². The molecule has 0 saturated heterocycles. The van der Waals surface area contributed by atoms with Crippen molar-refractivity contribution in [2.24, 2.45) is 0 Å². The number of hydrogen-bond donors (Lipinski definition) is 1. The van der Waals surface area contributed by atoms with Crippen LogP contribution in [0.15, 0.2) is 36.7 Å². The van der Waals surface area contributed by atoms with Gasteiger partial charge in [-0.25, -0.2) is 9.97 Å². The summed E-state index contributed by atoms with van der Waals surface area (Å²) in [5.41, 5.74) is 2.34. The summed E-state index contributed by atoms with van der Waals surface area (Å²) in [7, 11) is 0. The van der Waals surface area contributed by atoms with Crippen molar-refractivity contribution in [3.63, 3.8) is 0 Å². The largest absolute Gasteiger partial charge is 0.341 e. The Morgan fingerprint density at radius 2 is 1.62 bits per heavy atom. The molecule has 5 nitrogen and oxygen atoms in total. The van der Waals surface area contributed by atoms with Crippen molar-refractivity contribution in [1.29, 1.82) is 0 Å². The van der Waals surface area contributed by atoms with Crippen molar-refractivity contribution in [3.05, 3.63) is 47.8 Å². The van der Waals surface area contributed by atoms with Crippen molar-refractivity contribution in [3.8, 4) is 0 Å². The summed E-state index contributed by atoms with van der Waals surface area (Å²) in [5, 5.41) is 3.00. The number of carbonyl (C=O) groups excluding carboxylic acids is 1. The summed E-state index contributed by atoms with van der Waals surface area (Å²) in [6.07, 6.45) is 5.29. The maximum atomic E-state index is 12.6. The molecule has 0 fully saturated rings. The second-order valence-corrected chi connectivity index (χ2v) is 7.51.